The quantitative estimate of drug-likeness (QED) is 0.691. The van der Waals surface area contributed by atoms with E-state index >= 15 is 0 Å². The molecule has 0 spiro atoms. The average molecular weight is 343 g/mol. The van der Waals surface area contributed by atoms with Gasteiger partial charge in [-0.2, -0.15) is 8.78 Å². The Labute approximate surface area is 138 Å². The summed E-state index contributed by atoms with van der Waals surface area (Å²) in [7, 11) is 2.14. The van der Waals surface area contributed by atoms with Crippen LogP contribution in [0.3, 0.4) is 0 Å². The first-order chi connectivity index (χ1) is 10.4. The summed E-state index contributed by atoms with van der Waals surface area (Å²) in [5.41, 5.74) is 0. The van der Waals surface area contributed by atoms with Crippen molar-refractivity contribution < 1.29 is 13.6 Å². The van der Waals surface area contributed by atoms with Crippen LogP contribution in [0.15, 0.2) is 34.1 Å². The highest BCUT2D eigenvalue weighted by Gasteiger charge is 2.39. The van der Waals surface area contributed by atoms with Crippen molar-refractivity contribution in [2.75, 3.05) is 13.6 Å². The number of hydrogen-bond donors (Lipinski definition) is 0. The summed E-state index contributed by atoms with van der Waals surface area (Å²) in [5.74, 6) is 1.30. The van der Waals surface area contributed by atoms with Crippen molar-refractivity contribution in [3.05, 3.63) is 24.3 Å². The lowest BCUT2D eigenvalue weighted by Gasteiger charge is -2.28. The summed E-state index contributed by atoms with van der Waals surface area (Å²) in [6, 6.07) is 7.57. The molecule has 2 nitrogen and oxygen atoms in total. The number of likely N-dealkylation sites (tertiary alicyclic amines) is 1. The molecule has 4 rings (SSSR count). The first kappa shape index (κ1) is 16.3. The molecule has 2 atom stereocenters. The van der Waals surface area contributed by atoms with Crippen molar-refractivity contribution in [1.29, 1.82) is 0 Å². The van der Waals surface area contributed by atoms with Gasteiger partial charge in [-0.15, -0.1) is 0 Å². The molecule has 3 aliphatic rings. The van der Waals surface area contributed by atoms with Gasteiger partial charge in [0.2, 0.25) is 0 Å². The van der Waals surface area contributed by atoms with Crippen LogP contribution in [-0.2, 0) is 4.79 Å². The minimum Gasteiger partial charge on any atom is -0.303 e. The number of halogens is 2. The standard InChI is InChI=1S/C9H15NO.C7H4F2S2/c1-10-5-4-7-2-3-8(11)6-9(7)10;8-7(9)10-5-3-1-2-4-6(5)11-7/h7,9H,2-6H2,1H3;1-4H. The van der Waals surface area contributed by atoms with Gasteiger partial charge in [-0.3, -0.25) is 4.79 Å². The van der Waals surface area contributed by atoms with Gasteiger partial charge < -0.3 is 4.90 Å². The van der Waals surface area contributed by atoms with Gasteiger partial charge >= 0.3 is 4.59 Å². The Morgan fingerprint density at radius 2 is 1.82 bits per heavy atom. The SMILES string of the molecule is CN1CCC2CCC(=O)CC21.FC1(F)Sc2ccccc2S1. The van der Waals surface area contributed by atoms with Crippen LogP contribution in [0.25, 0.3) is 0 Å². The molecule has 22 heavy (non-hydrogen) atoms. The molecular formula is C16H19F2NOS2. The van der Waals surface area contributed by atoms with E-state index in [0.717, 1.165) is 25.2 Å². The largest absolute Gasteiger partial charge is 0.350 e. The van der Waals surface area contributed by atoms with E-state index < -0.39 is 4.59 Å². The van der Waals surface area contributed by atoms with E-state index in [1.807, 2.05) is 0 Å². The second-order valence-electron chi connectivity index (χ2n) is 5.99. The highest BCUT2D eigenvalue weighted by Crippen LogP contribution is 2.57. The molecule has 0 aromatic heterocycles. The molecule has 0 N–H and O–H groups in total. The third kappa shape index (κ3) is 3.66. The fraction of sp³-hybridized carbons (Fsp3) is 0.562. The minimum absolute atomic E-state index is 0.472. The van der Waals surface area contributed by atoms with Crippen LogP contribution in [-0.4, -0.2) is 34.9 Å². The highest BCUT2D eigenvalue weighted by molar-refractivity contribution is 8.20. The molecule has 2 unspecified atom stereocenters. The Kier molecular flexibility index (Phi) is 4.80. The van der Waals surface area contributed by atoms with Gasteiger partial charge in [0.1, 0.15) is 5.78 Å². The Morgan fingerprint density at radius 3 is 2.45 bits per heavy atom. The number of hydrogen-bond acceptors (Lipinski definition) is 4. The highest BCUT2D eigenvalue weighted by atomic mass is 32.2. The van der Waals surface area contributed by atoms with E-state index in [4.69, 9.17) is 0 Å². The van der Waals surface area contributed by atoms with E-state index in [2.05, 4.69) is 11.9 Å². The third-order valence-corrected chi connectivity index (χ3v) is 6.76. The number of rotatable bonds is 0. The second kappa shape index (κ2) is 6.49. The van der Waals surface area contributed by atoms with Gasteiger partial charge in [-0.25, -0.2) is 0 Å². The zero-order valence-electron chi connectivity index (χ0n) is 12.4. The van der Waals surface area contributed by atoms with E-state index in [0.29, 0.717) is 45.1 Å². The molecule has 1 saturated heterocycles. The maximum Gasteiger partial charge on any atom is 0.350 e. The molecule has 1 aliphatic carbocycles. The van der Waals surface area contributed by atoms with Gasteiger partial charge in [-0.05, 0) is 68.0 Å². The average Bonchev–Trinajstić information content (AvgIpc) is 2.98. The van der Waals surface area contributed by atoms with Crippen LogP contribution in [0.1, 0.15) is 25.7 Å². The monoisotopic (exact) mass is 343 g/mol. The van der Waals surface area contributed by atoms with Crippen molar-refractivity contribution in [3.8, 4) is 0 Å². The molecular weight excluding hydrogens is 324 g/mol. The van der Waals surface area contributed by atoms with Crippen LogP contribution in [0.2, 0.25) is 0 Å². The topological polar surface area (TPSA) is 20.3 Å². The van der Waals surface area contributed by atoms with Gasteiger partial charge in [0.05, 0.1) is 0 Å². The zero-order valence-corrected chi connectivity index (χ0v) is 14.1. The molecule has 1 saturated carbocycles. The predicted octanol–water partition coefficient (Wildman–Crippen LogP) is 4.49. The van der Waals surface area contributed by atoms with Crippen LogP contribution in [0.5, 0.6) is 0 Å². The summed E-state index contributed by atoms with van der Waals surface area (Å²) < 4.78 is 22.7. The fourth-order valence-electron chi connectivity index (χ4n) is 3.32. The number of carbonyl (C=O) groups is 1. The van der Waals surface area contributed by atoms with Crippen LogP contribution >= 0.6 is 23.5 Å². The van der Waals surface area contributed by atoms with Crippen molar-refractivity contribution in [2.24, 2.45) is 5.92 Å². The molecule has 1 aromatic carbocycles. The van der Waals surface area contributed by atoms with Crippen molar-refractivity contribution in [1.82, 2.24) is 4.90 Å². The Morgan fingerprint density at radius 1 is 1.18 bits per heavy atom. The first-order valence-corrected chi connectivity index (χ1v) is 9.15. The van der Waals surface area contributed by atoms with Crippen LogP contribution < -0.4 is 0 Å². The van der Waals surface area contributed by atoms with Gasteiger partial charge in [0.15, 0.2) is 0 Å². The molecule has 2 heterocycles. The molecule has 0 radical (unpaired) electrons. The molecule has 2 fully saturated rings. The lowest BCUT2D eigenvalue weighted by molar-refractivity contribution is -0.122. The number of benzene rings is 1. The van der Waals surface area contributed by atoms with Crippen LogP contribution in [0.4, 0.5) is 8.78 Å². The zero-order chi connectivity index (χ0) is 15.7. The predicted molar refractivity (Wildman–Crippen MR) is 86.5 cm³/mol. The lowest BCUT2D eigenvalue weighted by Crippen LogP contribution is -2.35. The second-order valence-corrected chi connectivity index (χ2v) is 8.56. The lowest BCUT2D eigenvalue weighted by atomic mass is 9.84. The molecule has 0 amide bonds. The summed E-state index contributed by atoms with van der Waals surface area (Å²) in [6.07, 6.45) is 4.12. The number of Topliss-reactive ketones (excluding diaryl/α,β-unsaturated/α-hetero) is 1. The third-order valence-electron chi connectivity index (χ3n) is 4.50. The van der Waals surface area contributed by atoms with Gasteiger partial charge in [0, 0.05) is 28.7 Å². The fourth-order valence-corrected chi connectivity index (χ4v) is 5.42. The molecule has 2 aliphatic heterocycles. The molecule has 0 bridgehead atoms. The Balaban J connectivity index is 0.000000131. The molecule has 120 valence electrons. The minimum atomic E-state index is -2.66. The summed E-state index contributed by atoms with van der Waals surface area (Å²) in [5, 5.41) is 0. The Hall–Kier alpha value is -0.590. The number of nitrogens with zero attached hydrogens (tertiary/aromatic N) is 1. The smallest absolute Gasteiger partial charge is 0.303 e. The molecule has 6 heteroatoms. The van der Waals surface area contributed by atoms with Crippen molar-refractivity contribution in [2.45, 2.75) is 46.1 Å². The van der Waals surface area contributed by atoms with E-state index in [1.165, 1.54) is 13.0 Å². The van der Waals surface area contributed by atoms with Crippen LogP contribution in [0, 0.1) is 5.92 Å². The number of ketones is 1. The first-order valence-electron chi connectivity index (χ1n) is 7.51. The Bertz CT molecular complexity index is 540. The van der Waals surface area contributed by atoms with Gasteiger partial charge in [0.25, 0.3) is 0 Å². The van der Waals surface area contributed by atoms with Crippen molar-refractivity contribution >= 4 is 29.3 Å². The number of thioether (sulfide) groups is 2. The maximum atomic E-state index is 12.7. The van der Waals surface area contributed by atoms with Gasteiger partial charge in [-0.1, -0.05) is 12.1 Å². The normalized spacial score (nSPS) is 29.5. The number of fused-ring (bicyclic) bond motifs is 2. The van der Waals surface area contributed by atoms with E-state index in [-0.39, 0.29) is 0 Å². The number of carbonyl (C=O) groups excluding carboxylic acids is 1. The number of alkyl halides is 2. The van der Waals surface area contributed by atoms with Crippen molar-refractivity contribution in [3.63, 3.8) is 0 Å². The summed E-state index contributed by atoms with van der Waals surface area (Å²) in [4.78, 5) is 14.8. The summed E-state index contributed by atoms with van der Waals surface area (Å²) in [6.45, 7) is 1.20. The van der Waals surface area contributed by atoms with E-state index in [9.17, 15) is 13.6 Å². The summed E-state index contributed by atoms with van der Waals surface area (Å²) >= 11 is 1.25. The molecule has 1 aromatic rings. The van der Waals surface area contributed by atoms with E-state index in [1.54, 1.807) is 24.3 Å². The maximum absolute atomic E-state index is 12.7.